The maximum Gasteiger partial charge on any atom is 0.240 e. The molecule has 2 amide bonds. The van der Waals surface area contributed by atoms with Crippen molar-refractivity contribution in [1.29, 1.82) is 0 Å². The third-order valence-electron chi connectivity index (χ3n) is 13.5. The maximum atomic E-state index is 15.0. The number of Topliss-reactive ketones (excluding diaryl/α,β-unsaturated/α-hetero) is 2. The predicted octanol–water partition coefficient (Wildman–Crippen LogP) is 6.47. The van der Waals surface area contributed by atoms with E-state index in [1.807, 2.05) is 26.0 Å². The summed E-state index contributed by atoms with van der Waals surface area (Å²) in [5.74, 6) is -2.51. The highest BCUT2D eigenvalue weighted by molar-refractivity contribution is 7.91. The molecule has 13 heteroatoms. The number of methoxy groups -OCH3 is 1. The Hall–Kier alpha value is -3.87. The van der Waals surface area contributed by atoms with Crippen molar-refractivity contribution >= 4 is 44.2 Å². The van der Waals surface area contributed by atoms with E-state index >= 15 is 4.79 Å². The minimum Gasteiger partial charge on any atom is -0.494 e. The number of aromatic nitrogens is 1. The fourth-order valence-corrected chi connectivity index (χ4v) is 10.1. The van der Waals surface area contributed by atoms with E-state index in [9.17, 15) is 27.2 Å². The monoisotopic (exact) mass is 779 g/mol. The van der Waals surface area contributed by atoms with Gasteiger partial charge in [-0.3, -0.25) is 23.9 Å². The number of halogens is 1. The van der Waals surface area contributed by atoms with E-state index in [4.69, 9.17) is 9.47 Å². The molecule has 1 aromatic carbocycles. The van der Waals surface area contributed by atoms with Gasteiger partial charge in [-0.2, -0.15) is 0 Å². The smallest absolute Gasteiger partial charge is 0.240 e. The highest BCUT2D eigenvalue weighted by atomic mass is 32.2. The third kappa shape index (κ3) is 7.66. The lowest BCUT2D eigenvalue weighted by molar-refractivity contribution is -0.145. The molecule has 55 heavy (non-hydrogen) atoms. The largest absolute Gasteiger partial charge is 0.494 e. The summed E-state index contributed by atoms with van der Waals surface area (Å²) in [5.41, 5.74) is -1.71. The number of carbonyl (C=O) groups excluding carboxylic acids is 4. The first kappa shape index (κ1) is 39.4. The van der Waals surface area contributed by atoms with Gasteiger partial charge >= 0.3 is 0 Å². The lowest BCUT2D eigenvalue weighted by Crippen LogP contribution is -2.48. The summed E-state index contributed by atoms with van der Waals surface area (Å²) in [6, 6.07) is 3.55. The van der Waals surface area contributed by atoms with Gasteiger partial charge in [-0.1, -0.05) is 39.3 Å². The van der Waals surface area contributed by atoms with Crippen LogP contribution in [-0.4, -0.2) is 72.2 Å². The fourth-order valence-electron chi connectivity index (χ4n) is 8.81. The highest BCUT2D eigenvalue weighted by Crippen LogP contribution is 2.58. The molecule has 298 valence electrons. The van der Waals surface area contributed by atoms with Crippen molar-refractivity contribution in [3.8, 4) is 11.6 Å². The molecule has 3 aliphatic carbocycles. The Labute approximate surface area is 323 Å². The van der Waals surface area contributed by atoms with Crippen LogP contribution in [0.15, 0.2) is 36.5 Å². The van der Waals surface area contributed by atoms with Gasteiger partial charge in [0.2, 0.25) is 27.7 Å². The molecule has 2 aromatic rings. The SMILES string of the molecule is CC[C@@H]1C[C@H](C)CC/C=C\[C@@H]2C[C@@]2(C(=O)NS(=O)(=O)C2(C)CC2)CC(=O)[C@@H]2C[C@@H](Oc3nccc4cc(OC)c(F)cc34)CN2C(=O)[C@H]1CC(=O)C1(C)CC1. The first-order valence-electron chi connectivity index (χ1n) is 19.9. The van der Waals surface area contributed by atoms with E-state index < -0.39 is 55.4 Å². The van der Waals surface area contributed by atoms with Crippen molar-refractivity contribution in [3.05, 3.63) is 42.4 Å². The fraction of sp³-hybridized carbons (Fsp3) is 0.643. The number of rotatable bonds is 10. The van der Waals surface area contributed by atoms with Gasteiger partial charge in [0.05, 0.1) is 29.9 Å². The summed E-state index contributed by atoms with van der Waals surface area (Å²) in [5, 5.41) is 1.03. The molecule has 7 rings (SSSR count). The van der Waals surface area contributed by atoms with Gasteiger partial charge in [0.1, 0.15) is 11.9 Å². The van der Waals surface area contributed by atoms with Crippen LogP contribution in [-0.2, 0) is 29.2 Å². The Morgan fingerprint density at radius 3 is 2.53 bits per heavy atom. The average Bonchev–Trinajstić information content (AvgIpc) is 4.11. The summed E-state index contributed by atoms with van der Waals surface area (Å²) >= 11 is 0. The second kappa shape index (κ2) is 14.6. The zero-order chi connectivity index (χ0) is 39.5. The Morgan fingerprint density at radius 1 is 1.11 bits per heavy atom. The number of ketones is 2. The molecule has 1 saturated heterocycles. The molecule has 1 aromatic heterocycles. The molecule has 0 spiro atoms. The normalized spacial score (nSPS) is 32.0. The summed E-state index contributed by atoms with van der Waals surface area (Å²) in [7, 11) is -2.58. The number of ether oxygens (including phenoxy) is 2. The highest BCUT2D eigenvalue weighted by Gasteiger charge is 2.63. The standard InChI is InChI=1S/C42H54FN3O8S/c1-6-26-17-25(2)9-7-8-10-28-22-42(28,39(50)45-55(51,52)41(4)14-15-41)23-34(47)33-19-29(24-46(33)38(49)31(26)21-36(48)40(3)12-13-40)54-37-30-20-32(43)35(53-5)18-27(30)11-16-44-37/h8,10-11,16,18,20,25-26,28-29,31,33H,6-7,9,12-15,17,19,21-24H2,1-5H3,(H,45,50)/b10-8-/t25-,26-,28-,29-,31+,33+,42-/m1/s1. The Kier molecular flexibility index (Phi) is 10.4. The Bertz CT molecular complexity index is 2030. The van der Waals surface area contributed by atoms with Crippen LogP contribution in [0.5, 0.6) is 11.6 Å². The molecule has 0 bridgehead atoms. The van der Waals surface area contributed by atoms with Gasteiger partial charge in [0.25, 0.3) is 0 Å². The summed E-state index contributed by atoms with van der Waals surface area (Å²) in [6.07, 6.45) is 10.5. The molecular weight excluding hydrogens is 726 g/mol. The number of hydrogen-bond donors (Lipinski definition) is 1. The molecule has 5 aliphatic rings. The minimum atomic E-state index is -3.96. The zero-order valence-corrected chi connectivity index (χ0v) is 33.4. The van der Waals surface area contributed by atoms with Gasteiger partial charge in [-0.15, -0.1) is 0 Å². The lowest BCUT2D eigenvalue weighted by Gasteiger charge is -2.33. The molecule has 11 nitrogen and oxygen atoms in total. The topological polar surface area (TPSA) is 149 Å². The summed E-state index contributed by atoms with van der Waals surface area (Å²) < 4.78 is 54.3. The molecule has 3 saturated carbocycles. The number of allylic oxidation sites excluding steroid dienone is 2. The van der Waals surface area contributed by atoms with Gasteiger partial charge in [0, 0.05) is 42.2 Å². The summed E-state index contributed by atoms with van der Waals surface area (Å²) in [6.45, 7) is 7.78. The number of benzene rings is 1. The molecule has 0 radical (unpaired) electrons. The van der Waals surface area contributed by atoms with Crippen molar-refractivity contribution in [2.45, 2.75) is 122 Å². The molecule has 1 N–H and O–H groups in total. The number of fused-ring (bicyclic) bond motifs is 3. The van der Waals surface area contributed by atoms with E-state index in [1.165, 1.54) is 19.4 Å². The molecule has 2 aliphatic heterocycles. The van der Waals surface area contributed by atoms with E-state index in [0.29, 0.717) is 36.5 Å². The molecule has 3 heterocycles. The van der Waals surface area contributed by atoms with Gasteiger partial charge in [-0.25, -0.2) is 17.8 Å². The van der Waals surface area contributed by atoms with Crippen LogP contribution >= 0.6 is 0 Å². The molecular formula is C42H54FN3O8S. The number of nitrogens with one attached hydrogen (secondary N) is 1. The minimum absolute atomic E-state index is 0.0230. The molecule has 4 fully saturated rings. The van der Waals surface area contributed by atoms with Crippen LogP contribution in [0.4, 0.5) is 4.39 Å². The third-order valence-corrected chi connectivity index (χ3v) is 15.7. The molecule has 0 unspecified atom stereocenters. The first-order valence-corrected chi connectivity index (χ1v) is 21.4. The van der Waals surface area contributed by atoms with E-state index in [-0.39, 0.29) is 72.7 Å². The van der Waals surface area contributed by atoms with Crippen LogP contribution in [0.2, 0.25) is 0 Å². The van der Waals surface area contributed by atoms with Crippen molar-refractivity contribution in [2.24, 2.45) is 34.5 Å². The number of amides is 2. The van der Waals surface area contributed by atoms with Crippen LogP contribution in [0.3, 0.4) is 0 Å². The van der Waals surface area contributed by atoms with Crippen LogP contribution in [0, 0.1) is 40.3 Å². The number of carbonyl (C=O) groups is 4. The second-order valence-electron chi connectivity index (χ2n) is 17.6. The Morgan fingerprint density at radius 2 is 1.85 bits per heavy atom. The summed E-state index contributed by atoms with van der Waals surface area (Å²) in [4.78, 5) is 63.3. The number of hydrogen-bond acceptors (Lipinski definition) is 9. The molecule has 7 atom stereocenters. The second-order valence-corrected chi connectivity index (χ2v) is 19.8. The Balaban J connectivity index is 1.24. The van der Waals surface area contributed by atoms with Gasteiger partial charge in [0.15, 0.2) is 17.3 Å². The van der Waals surface area contributed by atoms with Crippen molar-refractivity contribution < 1.29 is 41.5 Å². The number of nitrogens with zero attached hydrogens (tertiary/aromatic N) is 2. The van der Waals surface area contributed by atoms with E-state index in [2.05, 4.69) is 16.6 Å². The lowest BCUT2D eigenvalue weighted by atomic mass is 9.77. The van der Waals surface area contributed by atoms with Crippen LogP contribution in [0.25, 0.3) is 10.8 Å². The predicted molar refractivity (Wildman–Crippen MR) is 204 cm³/mol. The zero-order valence-electron chi connectivity index (χ0n) is 32.6. The van der Waals surface area contributed by atoms with E-state index in [1.54, 1.807) is 24.0 Å². The van der Waals surface area contributed by atoms with Crippen LogP contribution in [0.1, 0.15) is 105 Å². The quantitative estimate of drug-likeness (QED) is 0.268. The van der Waals surface area contributed by atoms with E-state index in [0.717, 1.165) is 32.1 Å². The number of pyridine rings is 1. The van der Waals surface area contributed by atoms with Crippen LogP contribution < -0.4 is 14.2 Å². The van der Waals surface area contributed by atoms with Crippen molar-refractivity contribution in [2.75, 3.05) is 13.7 Å². The van der Waals surface area contributed by atoms with Gasteiger partial charge in [-0.05, 0) is 99.6 Å². The maximum absolute atomic E-state index is 15.0. The first-order chi connectivity index (χ1) is 26.0. The van der Waals surface area contributed by atoms with Crippen molar-refractivity contribution in [1.82, 2.24) is 14.6 Å². The average molecular weight is 780 g/mol. The van der Waals surface area contributed by atoms with Crippen molar-refractivity contribution in [3.63, 3.8) is 0 Å². The number of sulfonamides is 1. The van der Waals surface area contributed by atoms with Gasteiger partial charge < -0.3 is 14.4 Å².